The van der Waals surface area contributed by atoms with Gasteiger partial charge >= 0.3 is 0 Å². The number of hydrogen-bond acceptors (Lipinski definition) is 6. The molecule has 1 aliphatic carbocycles. The first kappa shape index (κ1) is 23.5. The van der Waals surface area contributed by atoms with Gasteiger partial charge in [-0.1, -0.05) is 36.9 Å². The fraction of sp³-hybridized carbons (Fsp3) is 0.286. The van der Waals surface area contributed by atoms with Gasteiger partial charge in [0.15, 0.2) is 5.65 Å². The van der Waals surface area contributed by atoms with Gasteiger partial charge in [-0.2, -0.15) is 5.10 Å². The number of allylic oxidation sites excluding steroid dienone is 6. The maximum atomic E-state index is 12.1. The summed E-state index contributed by atoms with van der Waals surface area (Å²) in [4.78, 5) is 22.7. The molecule has 0 bridgehead atoms. The third kappa shape index (κ3) is 4.30. The highest BCUT2D eigenvalue weighted by molar-refractivity contribution is 5.97. The minimum atomic E-state index is 0.0827. The van der Waals surface area contributed by atoms with Gasteiger partial charge in [-0.15, -0.1) is 0 Å². The quantitative estimate of drug-likeness (QED) is 0.298. The summed E-state index contributed by atoms with van der Waals surface area (Å²) in [6, 6.07) is 9.82. The molecule has 2 aromatic heterocycles. The summed E-state index contributed by atoms with van der Waals surface area (Å²) < 4.78 is 7.85. The molecule has 1 saturated heterocycles. The largest absolute Gasteiger partial charge is 0.462 e. The molecule has 36 heavy (non-hydrogen) atoms. The molecule has 1 amide bonds. The molecular formula is C28H30N6O2. The lowest BCUT2D eigenvalue weighted by Crippen LogP contribution is -2.63. The number of amides is 1. The van der Waals surface area contributed by atoms with Crippen LogP contribution in [0.1, 0.15) is 38.4 Å². The molecule has 3 heterocycles. The van der Waals surface area contributed by atoms with Crippen LogP contribution < -0.4 is 10.5 Å². The summed E-state index contributed by atoms with van der Waals surface area (Å²) in [5, 5.41) is 5.67. The summed E-state index contributed by atoms with van der Waals surface area (Å²) in [5.41, 5.74) is 8.68. The molecule has 1 aromatic carbocycles. The van der Waals surface area contributed by atoms with Crippen LogP contribution in [0.5, 0.6) is 5.75 Å². The van der Waals surface area contributed by atoms with Crippen LogP contribution in [0, 0.1) is 5.41 Å². The van der Waals surface area contributed by atoms with Gasteiger partial charge < -0.3 is 15.4 Å². The molecule has 0 atom stereocenters. The molecule has 0 radical (unpaired) electrons. The number of nitrogens with zero attached hydrogens (tertiary/aromatic N) is 5. The van der Waals surface area contributed by atoms with Crippen LogP contribution in [0.3, 0.4) is 0 Å². The lowest BCUT2D eigenvalue weighted by molar-refractivity contribution is -0.148. The number of carbonyl (C=O) groups is 1. The summed E-state index contributed by atoms with van der Waals surface area (Å²) in [7, 11) is 0. The molecule has 1 spiro atoms. The number of fused-ring (bicyclic) bond motifs is 1. The molecule has 0 unspecified atom stereocenters. The number of hydrogen-bond donors (Lipinski definition) is 1. The van der Waals surface area contributed by atoms with Gasteiger partial charge in [0, 0.05) is 24.1 Å². The molecule has 8 heteroatoms. The first-order valence-electron chi connectivity index (χ1n) is 12.1. The van der Waals surface area contributed by atoms with E-state index >= 15 is 0 Å². The van der Waals surface area contributed by atoms with Gasteiger partial charge in [-0.25, -0.2) is 14.6 Å². The zero-order valence-electron chi connectivity index (χ0n) is 20.6. The molecule has 2 aliphatic rings. The third-order valence-electron chi connectivity index (χ3n) is 6.89. The Kier molecular flexibility index (Phi) is 6.18. The van der Waals surface area contributed by atoms with Crippen molar-refractivity contribution in [2.45, 2.75) is 32.7 Å². The standard InChI is InChI=1S/C28H30N6O2/c1-4-9-23(35)33-16-28(17-33)14-21(15-28)34-27-24(26(29)30-18-31-27)25(32-34)20(5-2)13-12-19(3)36-22-10-7-6-8-11-22/h4-13,18,21H,2,14-17H2,1,3H3,(H2,29,30,31)/b9-4+,19-12+,20-13+. The van der Waals surface area contributed by atoms with Crippen molar-refractivity contribution in [3.05, 3.63) is 85.1 Å². The molecule has 2 fully saturated rings. The fourth-order valence-corrected chi connectivity index (χ4v) is 5.15. The Hall–Kier alpha value is -4.20. The van der Waals surface area contributed by atoms with Gasteiger partial charge in [-0.3, -0.25) is 4.79 Å². The van der Waals surface area contributed by atoms with Gasteiger partial charge in [0.1, 0.15) is 29.3 Å². The van der Waals surface area contributed by atoms with E-state index in [-0.39, 0.29) is 17.4 Å². The average molecular weight is 483 g/mol. The minimum absolute atomic E-state index is 0.0827. The van der Waals surface area contributed by atoms with Crippen LogP contribution >= 0.6 is 0 Å². The summed E-state index contributed by atoms with van der Waals surface area (Å²) >= 11 is 0. The average Bonchev–Trinajstić information content (AvgIpc) is 3.19. The van der Waals surface area contributed by atoms with E-state index in [0.29, 0.717) is 17.2 Å². The van der Waals surface area contributed by atoms with Gasteiger partial charge in [-0.05, 0) is 57.0 Å². The topological polar surface area (TPSA) is 99.2 Å². The number of carbonyl (C=O) groups excluding carboxylic acids is 1. The lowest BCUT2D eigenvalue weighted by Gasteiger charge is -2.58. The zero-order chi connectivity index (χ0) is 25.3. The third-order valence-corrected chi connectivity index (χ3v) is 6.89. The number of likely N-dealkylation sites (tertiary alicyclic amines) is 1. The second kappa shape index (κ2) is 9.45. The van der Waals surface area contributed by atoms with E-state index in [0.717, 1.165) is 48.4 Å². The Balaban J connectivity index is 1.39. The van der Waals surface area contributed by atoms with E-state index in [2.05, 4.69) is 16.5 Å². The van der Waals surface area contributed by atoms with Crippen molar-refractivity contribution < 1.29 is 9.53 Å². The first-order valence-corrected chi connectivity index (χ1v) is 12.1. The highest BCUT2D eigenvalue weighted by Gasteiger charge is 2.54. The smallest absolute Gasteiger partial charge is 0.246 e. The van der Waals surface area contributed by atoms with Crippen LogP contribution in [0.25, 0.3) is 16.6 Å². The minimum Gasteiger partial charge on any atom is -0.462 e. The number of ether oxygens (including phenoxy) is 1. The number of anilines is 1. The Morgan fingerprint density at radius 1 is 1.19 bits per heavy atom. The summed E-state index contributed by atoms with van der Waals surface area (Å²) in [6.45, 7) is 9.34. The van der Waals surface area contributed by atoms with E-state index in [4.69, 9.17) is 15.6 Å². The summed E-state index contributed by atoms with van der Waals surface area (Å²) in [6.07, 6.45) is 12.3. The molecule has 5 rings (SSSR count). The van der Waals surface area contributed by atoms with E-state index in [1.54, 1.807) is 18.2 Å². The second-order valence-electron chi connectivity index (χ2n) is 9.53. The van der Waals surface area contributed by atoms with E-state index in [1.165, 1.54) is 6.33 Å². The van der Waals surface area contributed by atoms with Crippen molar-refractivity contribution in [3.63, 3.8) is 0 Å². The zero-order valence-corrected chi connectivity index (χ0v) is 20.6. The molecule has 3 aromatic rings. The van der Waals surface area contributed by atoms with Gasteiger partial charge in [0.05, 0.1) is 11.4 Å². The lowest BCUT2D eigenvalue weighted by atomic mass is 9.60. The van der Waals surface area contributed by atoms with E-state index in [1.807, 2.05) is 65.9 Å². The van der Waals surface area contributed by atoms with E-state index < -0.39 is 0 Å². The van der Waals surface area contributed by atoms with Gasteiger partial charge in [0.2, 0.25) is 5.91 Å². The van der Waals surface area contributed by atoms with Crippen molar-refractivity contribution in [2.24, 2.45) is 5.41 Å². The van der Waals surface area contributed by atoms with Crippen LogP contribution in [0.15, 0.2) is 79.4 Å². The number of aromatic nitrogens is 4. The fourth-order valence-electron chi connectivity index (χ4n) is 5.15. The molecule has 8 nitrogen and oxygen atoms in total. The highest BCUT2D eigenvalue weighted by Crippen LogP contribution is 2.54. The predicted octanol–water partition coefficient (Wildman–Crippen LogP) is 4.70. The number of benzene rings is 1. The Bertz CT molecular complexity index is 1390. The van der Waals surface area contributed by atoms with Crippen molar-refractivity contribution in [3.8, 4) is 5.75 Å². The number of nitrogen functional groups attached to an aromatic ring is 1. The molecule has 2 N–H and O–H groups in total. The van der Waals surface area contributed by atoms with Crippen LogP contribution in [0.4, 0.5) is 5.82 Å². The van der Waals surface area contributed by atoms with Crippen molar-refractivity contribution in [1.29, 1.82) is 0 Å². The summed E-state index contributed by atoms with van der Waals surface area (Å²) in [5.74, 6) is 1.97. The Labute approximate surface area is 210 Å². The predicted molar refractivity (Wildman–Crippen MR) is 141 cm³/mol. The van der Waals surface area contributed by atoms with Crippen LogP contribution in [0.2, 0.25) is 0 Å². The second-order valence-corrected chi connectivity index (χ2v) is 9.53. The Morgan fingerprint density at radius 3 is 2.64 bits per heavy atom. The maximum absolute atomic E-state index is 12.1. The highest BCUT2D eigenvalue weighted by atomic mass is 16.5. The number of rotatable bonds is 7. The van der Waals surface area contributed by atoms with Crippen LogP contribution in [-0.4, -0.2) is 43.6 Å². The van der Waals surface area contributed by atoms with Crippen molar-refractivity contribution in [2.75, 3.05) is 18.8 Å². The number of nitrogens with two attached hydrogens (primary N) is 1. The molecule has 184 valence electrons. The normalized spacial score (nSPS) is 17.9. The van der Waals surface area contributed by atoms with Crippen LogP contribution in [-0.2, 0) is 4.79 Å². The first-order chi connectivity index (χ1) is 17.4. The van der Waals surface area contributed by atoms with E-state index in [9.17, 15) is 4.79 Å². The van der Waals surface area contributed by atoms with Crippen molar-refractivity contribution in [1.82, 2.24) is 24.6 Å². The number of para-hydroxylation sites is 1. The van der Waals surface area contributed by atoms with Gasteiger partial charge in [0.25, 0.3) is 0 Å². The Morgan fingerprint density at radius 2 is 1.94 bits per heavy atom. The molecular weight excluding hydrogens is 452 g/mol. The molecule has 1 saturated carbocycles. The SMILES string of the molecule is C=C/C(=C\C=C(/C)Oc1ccccc1)c1nn(C2CC3(C2)CN(C(=O)/C=C/C)C3)c2ncnc(N)c12. The maximum Gasteiger partial charge on any atom is 0.246 e. The molecule has 1 aliphatic heterocycles. The monoisotopic (exact) mass is 482 g/mol. The van der Waals surface area contributed by atoms with Crippen molar-refractivity contribution >= 4 is 28.3 Å².